The number of carbonyl (C=O) groups excluding carboxylic acids is 4. The molecule has 0 unspecified atom stereocenters. The van der Waals surface area contributed by atoms with E-state index in [1.54, 1.807) is 13.8 Å². The number of halogens is 1. The molecule has 9 heteroatoms. The van der Waals surface area contributed by atoms with Gasteiger partial charge in [-0.25, -0.2) is 0 Å². The monoisotopic (exact) mass is 364 g/mol. The molecule has 0 aliphatic rings. The van der Waals surface area contributed by atoms with E-state index < -0.39 is 35.8 Å². The molecular weight excluding hydrogens is 340 g/mol. The zero-order valence-corrected chi connectivity index (χ0v) is 14.8. The molecular formula is C15H25ClN2O6. The molecule has 8 nitrogen and oxygen atoms in total. The first kappa shape index (κ1) is 22.3. The average molecular weight is 365 g/mol. The highest BCUT2D eigenvalue weighted by Gasteiger charge is 2.39. The molecule has 0 radical (unpaired) electrons. The largest absolute Gasteiger partial charge is 0.450 e. The second-order valence-corrected chi connectivity index (χ2v) is 5.24. The summed E-state index contributed by atoms with van der Waals surface area (Å²) in [5, 5.41) is 2.43. The van der Waals surface area contributed by atoms with Crippen molar-refractivity contribution in [2.24, 2.45) is 5.73 Å². The molecule has 0 saturated carbocycles. The maximum Gasteiger partial charge on any atom is 0.306 e. The second kappa shape index (κ2) is 12.7. The molecule has 0 aromatic heterocycles. The predicted molar refractivity (Wildman–Crippen MR) is 87.4 cm³/mol. The van der Waals surface area contributed by atoms with Gasteiger partial charge < -0.3 is 20.5 Å². The Morgan fingerprint density at radius 1 is 1.04 bits per heavy atom. The molecule has 1 amide bonds. The topological polar surface area (TPSA) is 125 Å². The van der Waals surface area contributed by atoms with E-state index in [1.165, 1.54) is 0 Å². The highest BCUT2D eigenvalue weighted by molar-refractivity contribution is 6.18. The average Bonchev–Trinajstić information content (AvgIpc) is 2.59. The Kier molecular flexibility index (Phi) is 11.8. The van der Waals surface area contributed by atoms with Crippen LogP contribution in [0.3, 0.4) is 0 Å². The lowest BCUT2D eigenvalue weighted by Crippen LogP contribution is -2.50. The number of nitrogens with two attached hydrogens (primary N) is 1. The molecule has 0 rings (SSSR count). The summed E-state index contributed by atoms with van der Waals surface area (Å²) in [4.78, 5) is 47.7. The van der Waals surface area contributed by atoms with E-state index in [0.717, 1.165) is 0 Å². The standard InChI is InChI=1S/C15H25ClN2O6/c1-3-11(20)23-13(10(19)6-5-8-17)14(24-12(21)4-2)15(22)18-9-7-16/h13-14H,3-9,17H2,1-2H3,(H,18,22)/t13-,14+/m0/s1. The van der Waals surface area contributed by atoms with Gasteiger partial charge in [0.25, 0.3) is 5.91 Å². The Balaban J connectivity index is 5.40. The number of hydrogen-bond donors (Lipinski definition) is 2. The molecule has 24 heavy (non-hydrogen) atoms. The van der Waals surface area contributed by atoms with Crippen molar-refractivity contribution < 1.29 is 28.7 Å². The molecule has 0 aliphatic heterocycles. The number of alkyl halides is 1. The van der Waals surface area contributed by atoms with Gasteiger partial charge in [-0.15, -0.1) is 11.6 Å². The summed E-state index contributed by atoms with van der Waals surface area (Å²) in [5.74, 6) is -2.50. The van der Waals surface area contributed by atoms with Crippen LogP contribution in [0.25, 0.3) is 0 Å². The number of carbonyl (C=O) groups is 4. The summed E-state index contributed by atoms with van der Waals surface area (Å²) in [5.41, 5.74) is 5.37. The Morgan fingerprint density at radius 3 is 2.04 bits per heavy atom. The number of amides is 1. The van der Waals surface area contributed by atoms with Crippen molar-refractivity contribution >= 4 is 35.2 Å². The van der Waals surface area contributed by atoms with Crippen LogP contribution in [-0.2, 0) is 28.7 Å². The van der Waals surface area contributed by atoms with Crippen molar-refractivity contribution in [1.29, 1.82) is 0 Å². The summed E-state index contributed by atoms with van der Waals surface area (Å²) in [7, 11) is 0. The van der Waals surface area contributed by atoms with E-state index in [4.69, 9.17) is 26.8 Å². The van der Waals surface area contributed by atoms with Crippen LogP contribution in [0.15, 0.2) is 0 Å². The second-order valence-electron chi connectivity index (χ2n) is 4.87. The Bertz CT molecular complexity index is 404. The van der Waals surface area contributed by atoms with Gasteiger partial charge in [0.1, 0.15) is 0 Å². The van der Waals surface area contributed by atoms with Gasteiger partial charge in [-0.1, -0.05) is 13.8 Å². The Labute approximate surface area is 146 Å². The van der Waals surface area contributed by atoms with Gasteiger partial charge in [0.2, 0.25) is 12.2 Å². The lowest BCUT2D eigenvalue weighted by Gasteiger charge is -2.25. The third-order valence-corrected chi connectivity index (χ3v) is 3.15. The minimum Gasteiger partial charge on any atom is -0.450 e. The molecule has 138 valence electrons. The van der Waals surface area contributed by atoms with Crippen LogP contribution in [0.5, 0.6) is 0 Å². The molecule has 0 aromatic rings. The molecule has 0 bridgehead atoms. The predicted octanol–water partition coefficient (Wildman–Crippen LogP) is 0.293. The highest BCUT2D eigenvalue weighted by Crippen LogP contribution is 2.12. The van der Waals surface area contributed by atoms with E-state index in [0.29, 0.717) is 6.42 Å². The first-order chi connectivity index (χ1) is 11.4. The molecule has 0 spiro atoms. The van der Waals surface area contributed by atoms with Crippen LogP contribution in [0.1, 0.15) is 39.5 Å². The molecule has 0 aromatic carbocycles. The highest BCUT2D eigenvalue weighted by atomic mass is 35.5. The zero-order valence-electron chi connectivity index (χ0n) is 14.0. The van der Waals surface area contributed by atoms with Crippen LogP contribution < -0.4 is 11.1 Å². The third kappa shape index (κ3) is 8.26. The lowest BCUT2D eigenvalue weighted by molar-refractivity contribution is -0.175. The van der Waals surface area contributed by atoms with Crippen LogP contribution >= 0.6 is 11.6 Å². The van der Waals surface area contributed by atoms with Crippen LogP contribution in [0, 0.1) is 0 Å². The molecule has 0 fully saturated rings. The van der Waals surface area contributed by atoms with Gasteiger partial charge >= 0.3 is 11.9 Å². The fourth-order valence-corrected chi connectivity index (χ4v) is 1.78. The SMILES string of the molecule is CCC(=O)O[C@@H](C(=O)CCCN)[C@@H](OC(=O)CC)C(=O)NCCCl. The smallest absolute Gasteiger partial charge is 0.306 e. The van der Waals surface area contributed by atoms with Crippen molar-refractivity contribution in [3.63, 3.8) is 0 Å². The minimum absolute atomic E-state index is 0.00111. The zero-order chi connectivity index (χ0) is 18.5. The van der Waals surface area contributed by atoms with Crippen molar-refractivity contribution in [1.82, 2.24) is 5.32 Å². The Hall–Kier alpha value is -1.67. The molecule has 0 heterocycles. The van der Waals surface area contributed by atoms with Gasteiger partial charge in [-0.05, 0) is 13.0 Å². The van der Waals surface area contributed by atoms with E-state index in [9.17, 15) is 19.2 Å². The maximum absolute atomic E-state index is 12.3. The Morgan fingerprint density at radius 2 is 1.58 bits per heavy atom. The maximum atomic E-state index is 12.3. The summed E-state index contributed by atoms with van der Waals surface area (Å²) >= 11 is 5.51. The first-order valence-electron chi connectivity index (χ1n) is 7.86. The molecule has 0 aliphatic carbocycles. The number of ether oxygens (including phenoxy) is 2. The van der Waals surface area contributed by atoms with E-state index in [1.807, 2.05) is 0 Å². The normalized spacial score (nSPS) is 12.8. The van der Waals surface area contributed by atoms with E-state index in [-0.39, 0.29) is 38.2 Å². The number of hydrogen-bond acceptors (Lipinski definition) is 7. The fraction of sp³-hybridized carbons (Fsp3) is 0.733. The molecule has 3 N–H and O–H groups in total. The minimum atomic E-state index is -1.55. The van der Waals surface area contributed by atoms with Gasteiger partial charge in [-0.2, -0.15) is 0 Å². The summed E-state index contributed by atoms with van der Waals surface area (Å²) in [6.45, 7) is 3.47. The van der Waals surface area contributed by atoms with Crippen molar-refractivity contribution in [3.8, 4) is 0 Å². The number of ketones is 1. The van der Waals surface area contributed by atoms with Crippen molar-refractivity contribution in [3.05, 3.63) is 0 Å². The van der Waals surface area contributed by atoms with Crippen molar-refractivity contribution in [2.45, 2.75) is 51.7 Å². The molecule has 0 saturated heterocycles. The number of Topliss-reactive ketones (excluding diaryl/α,β-unsaturated/α-hetero) is 1. The third-order valence-electron chi connectivity index (χ3n) is 2.97. The van der Waals surface area contributed by atoms with Crippen LogP contribution in [-0.4, -0.2) is 54.8 Å². The van der Waals surface area contributed by atoms with Gasteiger partial charge in [0, 0.05) is 31.7 Å². The van der Waals surface area contributed by atoms with Gasteiger partial charge in [0.05, 0.1) is 0 Å². The number of nitrogens with one attached hydrogen (secondary N) is 1. The fourth-order valence-electron chi connectivity index (χ4n) is 1.69. The lowest BCUT2D eigenvalue weighted by atomic mass is 10.0. The molecule has 2 atom stereocenters. The quantitative estimate of drug-likeness (QED) is 0.376. The van der Waals surface area contributed by atoms with E-state index >= 15 is 0 Å². The number of rotatable bonds is 12. The van der Waals surface area contributed by atoms with Gasteiger partial charge in [0.15, 0.2) is 5.78 Å². The summed E-state index contributed by atoms with van der Waals surface area (Å²) < 4.78 is 10.1. The summed E-state index contributed by atoms with van der Waals surface area (Å²) in [6, 6.07) is 0. The van der Waals surface area contributed by atoms with Crippen molar-refractivity contribution in [2.75, 3.05) is 19.0 Å². The first-order valence-corrected chi connectivity index (χ1v) is 8.40. The van der Waals surface area contributed by atoms with E-state index in [2.05, 4.69) is 5.32 Å². The number of esters is 2. The summed E-state index contributed by atoms with van der Waals surface area (Å²) in [6.07, 6.45) is -2.68. The van der Waals surface area contributed by atoms with Crippen LogP contribution in [0.2, 0.25) is 0 Å². The van der Waals surface area contributed by atoms with Crippen LogP contribution in [0.4, 0.5) is 0 Å². The van der Waals surface area contributed by atoms with Gasteiger partial charge in [-0.3, -0.25) is 19.2 Å².